The lowest BCUT2D eigenvalue weighted by atomic mass is 10.2. The first kappa shape index (κ1) is 17.6. The molecule has 0 saturated carbocycles. The molecule has 0 rings (SSSR count). The lowest BCUT2D eigenvalue weighted by Gasteiger charge is -2.50. The summed E-state index contributed by atoms with van der Waals surface area (Å²) in [6.07, 6.45) is 0. The molecule has 0 heterocycles. The summed E-state index contributed by atoms with van der Waals surface area (Å²) in [7, 11) is -4.00. The van der Waals surface area contributed by atoms with Gasteiger partial charge in [-0.3, -0.25) is 0 Å². The SMILES string of the molecule is C[C@H]([Si](C)(C)C)[Si@](C)(OC(C)(C)C)[Si](C)(C)C. The van der Waals surface area contributed by atoms with Crippen molar-refractivity contribution in [1.82, 2.24) is 0 Å². The van der Waals surface area contributed by atoms with Crippen LogP contribution in [0, 0.1) is 0 Å². The van der Waals surface area contributed by atoms with Crippen LogP contribution < -0.4 is 0 Å². The standard InChI is InChI=1S/C13H34OSi3/c1-12(15(5,6)7)17(11,16(8,9)10)14-13(2,3)4/h12H,1-11H3/t12-,17-/m1/s1. The smallest absolute Gasteiger partial charge is 0.177 e. The Hall–Kier alpha value is 0.611. The van der Waals surface area contributed by atoms with E-state index in [1.54, 1.807) is 0 Å². The normalized spacial score (nSPS) is 19.9. The largest absolute Gasteiger partial charge is 0.415 e. The highest BCUT2D eigenvalue weighted by atomic mass is 29.3. The zero-order valence-electron chi connectivity index (χ0n) is 14.0. The second-order valence-corrected chi connectivity index (χ2v) is 30.1. The predicted octanol–water partition coefficient (Wildman–Crippen LogP) is 5.06. The Morgan fingerprint density at radius 2 is 1.18 bits per heavy atom. The van der Waals surface area contributed by atoms with Gasteiger partial charge in [0.2, 0.25) is 0 Å². The summed E-state index contributed by atoms with van der Waals surface area (Å²) in [5.74, 6) is 0. The molecule has 0 unspecified atom stereocenters. The first-order chi connectivity index (χ1) is 7.11. The van der Waals surface area contributed by atoms with Gasteiger partial charge >= 0.3 is 0 Å². The fraction of sp³-hybridized carbons (Fsp3) is 1.00. The summed E-state index contributed by atoms with van der Waals surface area (Å²) in [6.45, 7) is 26.6. The highest BCUT2D eigenvalue weighted by Gasteiger charge is 2.53. The molecule has 0 N–H and O–H groups in total. The van der Waals surface area contributed by atoms with Gasteiger partial charge in [-0.15, -0.1) is 0 Å². The molecule has 0 spiro atoms. The average molecular weight is 291 g/mol. The summed E-state index contributed by atoms with van der Waals surface area (Å²) in [5.41, 5.74) is 0.00909. The summed E-state index contributed by atoms with van der Waals surface area (Å²) < 4.78 is 6.71. The van der Waals surface area contributed by atoms with E-state index in [1.807, 2.05) is 0 Å². The highest BCUT2D eigenvalue weighted by molar-refractivity contribution is 7.41. The van der Waals surface area contributed by atoms with Crippen LogP contribution in [0.3, 0.4) is 0 Å². The lowest BCUT2D eigenvalue weighted by molar-refractivity contribution is 0.123. The Labute approximate surface area is 112 Å². The van der Waals surface area contributed by atoms with Crippen molar-refractivity contribution in [3.05, 3.63) is 0 Å². The Morgan fingerprint density at radius 1 is 0.824 bits per heavy atom. The van der Waals surface area contributed by atoms with Crippen molar-refractivity contribution in [2.75, 3.05) is 0 Å². The molecular weight excluding hydrogens is 256 g/mol. The van der Waals surface area contributed by atoms with Crippen molar-refractivity contribution in [1.29, 1.82) is 0 Å². The Bertz CT molecular complexity index is 257. The van der Waals surface area contributed by atoms with Crippen LogP contribution in [0.2, 0.25) is 51.0 Å². The molecule has 0 aliphatic heterocycles. The van der Waals surface area contributed by atoms with Crippen LogP contribution in [0.4, 0.5) is 0 Å². The van der Waals surface area contributed by atoms with Crippen molar-refractivity contribution in [3.8, 4) is 0 Å². The summed E-state index contributed by atoms with van der Waals surface area (Å²) in [5, 5.41) is 0.820. The van der Waals surface area contributed by atoms with E-state index < -0.39 is 23.5 Å². The van der Waals surface area contributed by atoms with Crippen LogP contribution in [0.15, 0.2) is 0 Å². The Balaban J connectivity index is 5.43. The van der Waals surface area contributed by atoms with Gasteiger partial charge in [-0.2, -0.15) is 0 Å². The monoisotopic (exact) mass is 290 g/mol. The van der Waals surface area contributed by atoms with Crippen LogP contribution >= 0.6 is 0 Å². The molecule has 0 bridgehead atoms. The predicted molar refractivity (Wildman–Crippen MR) is 88.6 cm³/mol. The first-order valence-corrected chi connectivity index (χ1v) is 17.4. The minimum atomic E-state index is -1.62. The molecule has 0 aromatic rings. The highest BCUT2D eigenvalue weighted by Crippen LogP contribution is 2.40. The third kappa shape index (κ3) is 4.65. The molecule has 0 saturated heterocycles. The van der Waals surface area contributed by atoms with E-state index in [0.717, 1.165) is 5.16 Å². The van der Waals surface area contributed by atoms with E-state index in [-0.39, 0.29) is 5.60 Å². The minimum absolute atomic E-state index is 0.00909. The average Bonchev–Trinajstić information content (AvgIpc) is 1.95. The van der Waals surface area contributed by atoms with Gasteiger partial charge in [0.25, 0.3) is 0 Å². The molecule has 104 valence electrons. The first-order valence-electron chi connectivity index (χ1n) is 6.81. The lowest BCUT2D eigenvalue weighted by Crippen LogP contribution is -2.66. The molecule has 0 radical (unpaired) electrons. The van der Waals surface area contributed by atoms with E-state index in [0.29, 0.717) is 0 Å². The molecule has 0 fully saturated rings. The number of rotatable bonds is 4. The topological polar surface area (TPSA) is 9.23 Å². The van der Waals surface area contributed by atoms with E-state index >= 15 is 0 Å². The van der Waals surface area contributed by atoms with E-state index in [2.05, 4.69) is 73.5 Å². The van der Waals surface area contributed by atoms with Gasteiger partial charge in [0.05, 0.1) is 7.59 Å². The van der Waals surface area contributed by atoms with E-state index in [4.69, 9.17) is 4.43 Å². The molecule has 17 heavy (non-hydrogen) atoms. The van der Waals surface area contributed by atoms with Crippen LogP contribution in [0.25, 0.3) is 0 Å². The maximum Gasteiger partial charge on any atom is 0.177 e. The van der Waals surface area contributed by atoms with Gasteiger partial charge in [-0.05, 0) is 32.5 Å². The Kier molecular flexibility index (Phi) is 5.12. The molecule has 4 heteroatoms. The van der Waals surface area contributed by atoms with Crippen LogP contribution in [0.1, 0.15) is 27.7 Å². The van der Waals surface area contributed by atoms with Crippen LogP contribution in [0.5, 0.6) is 0 Å². The second kappa shape index (κ2) is 4.95. The molecule has 0 amide bonds. The zero-order chi connectivity index (χ0) is 14.3. The van der Waals surface area contributed by atoms with Gasteiger partial charge in [0.1, 0.15) is 0 Å². The molecule has 0 aromatic carbocycles. The molecule has 0 aliphatic carbocycles. The summed E-state index contributed by atoms with van der Waals surface area (Å²) in [6, 6.07) is 0. The minimum Gasteiger partial charge on any atom is -0.415 e. The third-order valence-corrected chi connectivity index (χ3v) is 28.1. The maximum absolute atomic E-state index is 6.71. The van der Waals surface area contributed by atoms with Crippen molar-refractivity contribution >= 4 is 23.5 Å². The second-order valence-electron chi connectivity index (χ2n) is 8.66. The summed E-state index contributed by atoms with van der Waals surface area (Å²) >= 11 is 0. The fourth-order valence-corrected chi connectivity index (χ4v) is 25.7. The summed E-state index contributed by atoms with van der Waals surface area (Å²) in [4.78, 5) is 0. The van der Waals surface area contributed by atoms with Crippen molar-refractivity contribution in [3.63, 3.8) is 0 Å². The quantitative estimate of drug-likeness (QED) is 0.658. The molecule has 1 nitrogen and oxygen atoms in total. The van der Waals surface area contributed by atoms with Crippen molar-refractivity contribution in [2.24, 2.45) is 0 Å². The van der Waals surface area contributed by atoms with Crippen molar-refractivity contribution in [2.45, 2.75) is 84.3 Å². The van der Waals surface area contributed by atoms with E-state index in [1.165, 1.54) is 0 Å². The van der Waals surface area contributed by atoms with E-state index in [9.17, 15) is 0 Å². The molecule has 0 aliphatic rings. The van der Waals surface area contributed by atoms with Crippen molar-refractivity contribution < 1.29 is 4.43 Å². The van der Waals surface area contributed by atoms with Gasteiger partial charge in [0.15, 0.2) is 7.83 Å². The molecule has 2 atom stereocenters. The Morgan fingerprint density at radius 3 is 1.35 bits per heavy atom. The maximum atomic E-state index is 6.71. The zero-order valence-corrected chi connectivity index (χ0v) is 17.0. The van der Waals surface area contributed by atoms with Crippen LogP contribution in [-0.4, -0.2) is 29.1 Å². The number of hydrogen-bond acceptors (Lipinski definition) is 1. The van der Waals surface area contributed by atoms with Gasteiger partial charge in [-0.25, -0.2) is 0 Å². The van der Waals surface area contributed by atoms with Gasteiger partial charge in [0, 0.05) is 13.7 Å². The molecule has 0 aromatic heterocycles. The molecular formula is C13H34OSi3. The van der Waals surface area contributed by atoms with Gasteiger partial charge in [-0.1, -0.05) is 46.2 Å². The van der Waals surface area contributed by atoms with Gasteiger partial charge < -0.3 is 4.43 Å². The van der Waals surface area contributed by atoms with Crippen LogP contribution in [-0.2, 0) is 4.43 Å². The fourth-order valence-electron chi connectivity index (χ4n) is 2.35. The number of hydrogen-bond donors (Lipinski definition) is 0. The third-order valence-electron chi connectivity index (χ3n) is 4.13.